The van der Waals surface area contributed by atoms with Crippen molar-refractivity contribution < 1.29 is 4.42 Å². The Morgan fingerprint density at radius 2 is 1.71 bits per heavy atom. The Hall–Kier alpha value is -2.28. The lowest BCUT2D eigenvalue weighted by Crippen LogP contribution is -1.91. The first-order valence-electron chi connectivity index (χ1n) is 7.56. The van der Waals surface area contributed by atoms with Crippen molar-refractivity contribution in [3.63, 3.8) is 0 Å². The third kappa shape index (κ3) is 2.64. The Labute approximate surface area is 125 Å². The summed E-state index contributed by atoms with van der Waals surface area (Å²) in [5.41, 5.74) is 4.33. The molecule has 0 aliphatic carbocycles. The van der Waals surface area contributed by atoms with Crippen LogP contribution in [0.2, 0.25) is 0 Å². The molecule has 3 aromatic rings. The van der Waals surface area contributed by atoms with Crippen LogP contribution in [0, 0.1) is 0 Å². The second kappa shape index (κ2) is 6.01. The molecule has 0 amide bonds. The Kier molecular flexibility index (Phi) is 3.92. The highest BCUT2D eigenvalue weighted by Gasteiger charge is 2.16. The van der Waals surface area contributed by atoms with E-state index in [-0.39, 0.29) is 0 Å². The fourth-order valence-electron chi connectivity index (χ4n) is 2.72. The third-order valence-corrected chi connectivity index (χ3v) is 3.85. The van der Waals surface area contributed by atoms with E-state index >= 15 is 0 Å². The van der Waals surface area contributed by atoms with Crippen molar-refractivity contribution in [2.24, 2.45) is 0 Å². The highest BCUT2D eigenvalue weighted by molar-refractivity contribution is 5.96. The van der Waals surface area contributed by atoms with E-state index in [4.69, 9.17) is 4.42 Å². The third-order valence-electron chi connectivity index (χ3n) is 3.85. The zero-order chi connectivity index (χ0) is 14.7. The second-order valence-electron chi connectivity index (χ2n) is 5.34. The lowest BCUT2D eigenvalue weighted by molar-refractivity contribution is 0.535. The number of furan rings is 1. The summed E-state index contributed by atoms with van der Waals surface area (Å²) in [4.78, 5) is 0. The van der Waals surface area contributed by atoms with Crippen LogP contribution in [0.15, 0.2) is 65.6 Å². The van der Waals surface area contributed by atoms with Crippen molar-refractivity contribution in [1.82, 2.24) is 0 Å². The number of benzene rings is 2. The maximum Gasteiger partial charge on any atom is 0.134 e. The Morgan fingerprint density at radius 1 is 1.00 bits per heavy atom. The summed E-state index contributed by atoms with van der Waals surface area (Å²) in [5, 5.41) is 1.16. The first-order chi connectivity index (χ1) is 10.3. The summed E-state index contributed by atoms with van der Waals surface area (Å²) in [6.07, 6.45) is 3.26. The lowest BCUT2D eigenvalue weighted by atomic mass is 9.95. The van der Waals surface area contributed by atoms with E-state index < -0.39 is 0 Å². The summed E-state index contributed by atoms with van der Waals surface area (Å²) in [6.45, 7) is 6.53. The molecule has 106 valence electrons. The monoisotopic (exact) mass is 276 g/mol. The molecule has 0 bridgehead atoms. The van der Waals surface area contributed by atoms with E-state index in [1.807, 2.05) is 18.2 Å². The first kappa shape index (κ1) is 13.7. The standard InChI is InChI=1S/C20H20O/c1-3-4-13-19-20(15(2)16-10-6-5-7-11-16)17-12-8-9-14-18(17)21-19/h5-12,14H,2-4,13H2,1H3. The second-order valence-corrected chi connectivity index (χ2v) is 5.34. The van der Waals surface area contributed by atoms with Gasteiger partial charge in [-0.3, -0.25) is 0 Å². The molecule has 2 aromatic carbocycles. The van der Waals surface area contributed by atoms with Crippen molar-refractivity contribution in [1.29, 1.82) is 0 Å². The molecule has 21 heavy (non-hydrogen) atoms. The van der Waals surface area contributed by atoms with E-state index in [1.165, 1.54) is 5.56 Å². The van der Waals surface area contributed by atoms with Gasteiger partial charge < -0.3 is 4.42 Å². The molecule has 0 saturated heterocycles. The summed E-state index contributed by atoms with van der Waals surface area (Å²) in [6, 6.07) is 18.6. The topological polar surface area (TPSA) is 13.1 Å². The molecule has 0 spiro atoms. The molecule has 0 N–H and O–H groups in total. The van der Waals surface area contributed by atoms with Crippen LogP contribution in [0.25, 0.3) is 16.5 Å². The van der Waals surface area contributed by atoms with Crippen LogP contribution in [0.5, 0.6) is 0 Å². The van der Waals surface area contributed by atoms with Crippen molar-refractivity contribution in [3.05, 3.63) is 78.1 Å². The van der Waals surface area contributed by atoms with Crippen LogP contribution in [0.3, 0.4) is 0 Å². The zero-order valence-corrected chi connectivity index (χ0v) is 12.4. The average Bonchev–Trinajstić information content (AvgIpc) is 2.91. The van der Waals surface area contributed by atoms with Gasteiger partial charge >= 0.3 is 0 Å². The SMILES string of the molecule is C=C(c1ccccc1)c1c(CCCC)oc2ccccc12. The van der Waals surface area contributed by atoms with Gasteiger partial charge in [0.15, 0.2) is 0 Å². The van der Waals surface area contributed by atoms with Crippen LogP contribution in [0.4, 0.5) is 0 Å². The van der Waals surface area contributed by atoms with Gasteiger partial charge in [0.1, 0.15) is 11.3 Å². The summed E-state index contributed by atoms with van der Waals surface area (Å²) in [5.74, 6) is 1.06. The molecule has 0 atom stereocenters. The molecule has 0 aliphatic rings. The zero-order valence-electron chi connectivity index (χ0n) is 12.4. The molecule has 1 aromatic heterocycles. The minimum absolute atomic E-state index is 0.954. The van der Waals surface area contributed by atoms with Gasteiger partial charge in [0.2, 0.25) is 0 Å². The molecule has 1 heterocycles. The Balaban J connectivity index is 2.12. The Bertz CT molecular complexity index is 750. The van der Waals surface area contributed by atoms with E-state index in [1.54, 1.807) is 0 Å². The van der Waals surface area contributed by atoms with E-state index in [0.717, 1.165) is 47.1 Å². The molecule has 1 nitrogen and oxygen atoms in total. The number of hydrogen-bond acceptors (Lipinski definition) is 1. The van der Waals surface area contributed by atoms with Gasteiger partial charge in [0.25, 0.3) is 0 Å². The molecule has 0 radical (unpaired) electrons. The van der Waals surface area contributed by atoms with Crippen molar-refractivity contribution in [2.45, 2.75) is 26.2 Å². The van der Waals surface area contributed by atoms with Gasteiger partial charge in [-0.05, 0) is 23.6 Å². The van der Waals surface area contributed by atoms with Crippen molar-refractivity contribution >= 4 is 16.5 Å². The molecular weight excluding hydrogens is 256 g/mol. The molecule has 0 fully saturated rings. The number of hydrogen-bond donors (Lipinski definition) is 0. The van der Waals surface area contributed by atoms with Crippen molar-refractivity contribution in [2.75, 3.05) is 0 Å². The molecule has 3 rings (SSSR count). The van der Waals surface area contributed by atoms with Gasteiger partial charge in [-0.15, -0.1) is 0 Å². The number of aryl methyl sites for hydroxylation is 1. The number of unbranched alkanes of at least 4 members (excludes halogenated alkanes) is 1. The van der Waals surface area contributed by atoms with Crippen LogP contribution >= 0.6 is 0 Å². The average molecular weight is 276 g/mol. The summed E-state index contributed by atoms with van der Waals surface area (Å²) in [7, 11) is 0. The lowest BCUT2D eigenvalue weighted by Gasteiger charge is -2.07. The largest absolute Gasteiger partial charge is 0.460 e. The fraction of sp³-hybridized carbons (Fsp3) is 0.200. The van der Waals surface area contributed by atoms with Gasteiger partial charge in [0, 0.05) is 17.4 Å². The maximum atomic E-state index is 6.08. The molecule has 0 saturated carbocycles. The number of para-hydroxylation sites is 1. The smallest absolute Gasteiger partial charge is 0.134 e. The van der Waals surface area contributed by atoms with E-state index in [9.17, 15) is 0 Å². The van der Waals surface area contributed by atoms with E-state index in [0.29, 0.717) is 0 Å². The molecule has 1 heteroatoms. The van der Waals surface area contributed by atoms with Crippen LogP contribution in [-0.4, -0.2) is 0 Å². The van der Waals surface area contributed by atoms with Gasteiger partial charge in [-0.1, -0.05) is 68.5 Å². The Morgan fingerprint density at radius 3 is 2.48 bits per heavy atom. The predicted molar refractivity (Wildman–Crippen MR) is 89.4 cm³/mol. The molecular formula is C20H20O. The summed E-state index contributed by atoms with van der Waals surface area (Å²) < 4.78 is 6.08. The highest BCUT2D eigenvalue weighted by Crippen LogP contribution is 2.34. The van der Waals surface area contributed by atoms with Gasteiger partial charge in [0.05, 0.1) is 0 Å². The fourth-order valence-corrected chi connectivity index (χ4v) is 2.72. The first-order valence-corrected chi connectivity index (χ1v) is 7.56. The molecule has 0 unspecified atom stereocenters. The molecule has 0 aliphatic heterocycles. The number of fused-ring (bicyclic) bond motifs is 1. The number of rotatable bonds is 5. The maximum absolute atomic E-state index is 6.08. The van der Waals surface area contributed by atoms with Gasteiger partial charge in [-0.2, -0.15) is 0 Å². The quantitative estimate of drug-likeness (QED) is 0.571. The summed E-state index contributed by atoms with van der Waals surface area (Å²) >= 11 is 0. The van der Waals surface area contributed by atoms with Crippen LogP contribution < -0.4 is 0 Å². The van der Waals surface area contributed by atoms with E-state index in [2.05, 4.69) is 49.9 Å². The minimum atomic E-state index is 0.954. The minimum Gasteiger partial charge on any atom is -0.460 e. The van der Waals surface area contributed by atoms with Crippen molar-refractivity contribution in [3.8, 4) is 0 Å². The van der Waals surface area contributed by atoms with Crippen LogP contribution in [-0.2, 0) is 6.42 Å². The highest BCUT2D eigenvalue weighted by atomic mass is 16.3. The predicted octanol–water partition coefficient (Wildman–Crippen LogP) is 5.84. The van der Waals surface area contributed by atoms with Gasteiger partial charge in [-0.25, -0.2) is 0 Å². The normalized spacial score (nSPS) is 10.9. The van der Waals surface area contributed by atoms with Crippen LogP contribution in [0.1, 0.15) is 36.7 Å².